The molecule has 2 aromatic rings. The lowest BCUT2D eigenvalue weighted by Crippen LogP contribution is -2.55. The summed E-state index contributed by atoms with van der Waals surface area (Å²) in [5.41, 5.74) is 4.39. The van der Waals surface area contributed by atoms with Gasteiger partial charge in [-0.1, -0.05) is 17.7 Å². The average molecular weight is 509 g/mol. The van der Waals surface area contributed by atoms with Crippen LogP contribution in [0.15, 0.2) is 30.3 Å². The summed E-state index contributed by atoms with van der Waals surface area (Å²) < 4.78 is 5.41. The van der Waals surface area contributed by atoms with Crippen molar-refractivity contribution in [2.75, 3.05) is 38.2 Å². The minimum Gasteiger partial charge on any atom is -0.381 e. The molecule has 1 atom stereocenters. The molecule has 2 heterocycles. The monoisotopic (exact) mass is 508 g/mol. The van der Waals surface area contributed by atoms with Crippen molar-refractivity contribution in [3.05, 3.63) is 63.2 Å². The van der Waals surface area contributed by atoms with Gasteiger partial charge in [-0.3, -0.25) is 14.5 Å². The Hall–Kier alpha value is -2.92. The molecule has 0 aromatic heterocycles. The van der Waals surface area contributed by atoms with Crippen LogP contribution in [0.2, 0.25) is 5.02 Å². The lowest BCUT2D eigenvalue weighted by molar-refractivity contribution is -0.143. The number of halogens is 1. The number of nitrogens with one attached hydrogen (secondary N) is 1. The number of carbonyl (C=O) groups is 2. The van der Waals surface area contributed by atoms with Gasteiger partial charge in [0.25, 0.3) is 5.91 Å². The van der Waals surface area contributed by atoms with Crippen LogP contribution >= 0.6 is 11.6 Å². The Morgan fingerprint density at radius 1 is 1.17 bits per heavy atom. The van der Waals surface area contributed by atoms with Gasteiger partial charge in [0, 0.05) is 67.6 Å². The zero-order valence-electron chi connectivity index (χ0n) is 21.1. The summed E-state index contributed by atoms with van der Waals surface area (Å²) in [5, 5.41) is 12.8. The molecule has 4 rings (SSSR count). The standard InChI is InChI=1S/C28H33ClN4O3/c1-18-4-5-22(12-23(18)15-30)27(34)31-26-14-25(29)13-24(20(26)3)17-32-8-9-33(19(2)16-32)28(35)21-6-10-36-11-7-21/h4-5,12-14,19,21H,6-11,16-17H2,1-3H3,(H,31,34). The number of piperazine rings is 1. The molecular formula is C28H33ClN4O3. The molecule has 0 spiro atoms. The lowest BCUT2D eigenvalue weighted by atomic mass is 9.97. The predicted molar refractivity (Wildman–Crippen MR) is 140 cm³/mol. The highest BCUT2D eigenvalue weighted by Gasteiger charge is 2.32. The number of nitrogens with zero attached hydrogens (tertiary/aromatic N) is 3. The quantitative estimate of drug-likeness (QED) is 0.640. The highest BCUT2D eigenvalue weighted by Crippen LogP contribution is 2.28. The molecule has 2 amide bonds. The number of rotatable bonds is 5. The molecule has 0 saturated carbocycles. The summed E-state index contributed by atoms with van der Waals surface area (Å²) in [6.45, 7) is 10.2. The third kappa shape index (κ3) is 5.89. The molecule has 36 heavy (non-hydrogen) atoms. The van der Waals surface area contributed by atoms with Crippen LogP contribution in [0.25, 0.3) is 0 Å². The van der Waals surface area contributed by atoms with E-state index >= 15 is 0 Å². The van der Waals surface area contributed by atoms with E-state index in [0.29, 0.717) is 48.1 Å². The van der Waals surface area contributed by atoms with Gasteiger partial charge in [0.05, 0.1) is 11.6 Å². The summed E-state index contributed by atoms with van der Waals surface area (Å²) in [6.07, 6.45) is 1.62. The highest BCUT2D eigenvalue weighted by atomic mass is 35.5. The number of carbonyl (C=O) groups excluding carboxylic acids is 2. The SMILES string of the molecule is Cc1ccc(C(=O)Nc2cc(Cl)cc(CN3CCN(C(=O)C4CCOCC4)C(C)C3)c2C)cc1C#N. The van der Waals surface area contributed by atoms with Crippen LogP contribution in [0.1, 0.15) is 52.4 Å². The van der Waals surface area contributed by atoms with Crippen molar-refractivity contribution in [3.8, 4) is 6.07 Å². The second-order valence-electron chi connectivity index (χ2n) is 9.84. The van der Waals surface area contributed by atoms with Gasteiger partial charge >= 0.3 is 0 Å². The Balaban J connectivity index is 1.43. The minimum absolute atomic E-state index is 0.0758. The first kappa shape index (κ1) is 26.2. The van der Waals surface area contributed by atoms with Crippen LogP contribution in [-0.2, 0) is 16.1 Å². The number of hydrogen-bond acceptors (Lipinski definition) is 5. The fraction of sp³-hybridized carbons (Fsp3) is 0.464. The van der Waals surface area contributed by atoms with Crippen molar-refractivity contribution in [1.82, 2.24) is 9.80 Å². The molecule has 190 valence electrons. The van der Waals surface area contributed by atoms with Gasteiger partial charge in [0.2, 0.25) is 5.91 Å². The average Bonchev–Trinajstić information content (AvgIpc) is 2.87. The molecule has 1 unspecified atom stereocenters. The number of aryl methyl sites for hydroxylation is 1. The Labute approximate surface area is 218 Å². The van der Waals surface area contributed by atoms with E-state index in [-0.39, 0.29) is 23.8 Å². The molecule has 8 heteroatoms. The van der Waals surface area contributed by atoms with Gasteiger partial charge in [-0.2, -0.15) is 5.26 Å². The minimum atomic E-state index is -0.281. The normalized spacial score (nSPS) is 19.1. The molecule has 0 radical (unpaired) electrons. The zero-order chi connectivity index (χ0) is 25.8. The third-order valence-electron chi connectivity index (χ3n) is 7.31. The van der Waals surface area contributed by atoms with E-state index in [1.807, 2.05) is 24.8 Å². The summed E-state index contributed by atoms with van der Waals surface area (Å²) in [7, 11) is 0. The molecule has 2 aliphatic heterocycles. The van der Waals surface area contributed by atoms with Gasteiger partial charge in [0.15, 0.2) is 0 Å². The van der Waals surface area contributed by atoms with Crippen molar-refractivity contribution in [2.24, 2.45) is 5.92 Å². The maximum absolute atomic E-state index is 13.0. The topological polar surface area (TPSA) is 85.7 Å². The third-order valence-corrected chi connectivity index (χ3v) is 7.53. The number of nitriles is 1. The molecule has 2 fully saturated rings. The fourth-order valence-electron chi connectivity index (χ4n) is 5.03. The second-order valence-corrected chi connectivity index (χ2v) is 10.3. The van der Waals surface area contributed by atoms with E-state index < -0.39 is 0 Å². The number of ether oxygens (including phenoxy) is 1. The summed E-state index contributed by atoms with van der Waals surface area (Å²) in [5.74, 6) is 0.0496. The number of benzene rings is 2. The first-order chi connectivity index (χ1) is 17.3. The number of amides is 2. The van der Waals surface area contributed by atoms with Crippen molar-refractivity contribution in [3.63, 3.8) is 0 Å². The second kappa shape index (κ2) is 11.4. The summed E-state index contributed by atoms with van der Waals surface area (Å²) >= 11 is 6.44. The Bertz CT molecular complexity index is 1190. The van der Waals surface area contributed by atoms with Gasteiger partial charge in [-0.25, -0.2) is 0 Å². The van der Waals surface area contributed by atoms with Crippen molar-refractivity contribution in [1.29, 1.82) is 5.26 Å². The van der Waals surface area contributed by atoms with E-state index in [1.165, 1.54) is 0 Å². The van der Waals surface area contributed by atoms with Crippen LogP contribution < -0.4 is 5.32 Å². The van der Waals surface area contributed by atoms with E-state index in [4.69, 9.17) is 16.3 Å². The van der Waals surface area contributed by atoms with E-state index in [1.54, 1.807) is 24.3 Å². The van der Waals surface area contributed by atoms with Gasteiger partial charge in [-0.15, -0.1) is 0 Å². The van der Waals surface area contributed by atoms with Crippen molar-refractivity contribution in [2.45, 2.75) is 46.2 Å². The predicted octanol–water partition coefficient (Wildman–Crippen LogP) is 4.54. The molecule has 0 aliphatic carbocycles. The Morgan fingerprint density at radius 3 is 2.61 bits per heavy atom. The van der Waals surface area contributed by atoms with E-state index in [9.17, 15) is 14.9 Å². The summed E-state index contributed by atoms with van der Waals surface area (Å²) in [4.78, 5) is 30.3. The number of hydrogen-bond donors (Lipinski definition) is 1. The van der Waals surface area contributed by atoms with E-state index in [0.717, 1.165) is 42.6 Å². The first-order valence-corrected chi connectivity index (χ1v) is 12.9. The van der Waals surface area contributed by atoms with Crippen LogP contribution in [0.4, 0.5) is 5.69 Å². The molecule has 7 nitrogen and oxygen atoms in total. The zero-order valence-corrected chi connectivity index (χ0v) is 21.9. The van der Waals surface area contributed by atoms with Gasteiger partial charge in [-0.05, 0) is 74.6 Å². The molecule has 2 saturated heterocycles. The van der Waals surface area contributed by atoms with Crippen LogP contribution in [0.3, 0.4) is 0 Å². The molecule has 2 aromatic carbocycles. The van der Waals surface area contributed by atoms with E-state index in [2.05, 4.69) is 23.2 Å². The van der Waals surface area contributed by atoms with Crippen LogP contribution in [-0.4, -0.2) is 60.5 Å². The van der Waals surface area contributed by atoms with Gasteiger partial charge in [0.1, 0.15) is 0 Å². The van der Waals surface area contributed by atoms with Gasteiger partial charge < -0.3 is 15.0 Å². The Kier molecular flexibility index (Phi) is 8.30. The maximum atomic E-state index is 13.0. The first-order valence-electron chi connectivity index (χ1n) is 12.5. The molecule has 1 N–H and O–H groups in total. The van der Waals surface area contributed by atoms with Crippen molar-refractivity contribution >= 4 is 29.1 Å². The number of anilines is 1. The lowest BCUT2D eigenvalue weighted by Gasteiger charge is -2.42. The van der Waals surface area contributed by atoms with Crippen molar-refractivity contribution < 1.29 is 14.3 Å². The maximum Gasteiger partial charge on any atom is 0.255 e. The molecule has 0 bridgehead atoms. The Morgan fingerprint density at radius 2 is 1.92 bits per heavy atom. The highest BCUT2D eigenvalue weighted by molar-refractivity contribution is 6.31. The summed E-state index contributed by atoms with van der Waals surface area (Å²) in [6, 6.07) is 11.0. The fourth-order valence-corrected chi connectivity index (χ4v) is 5.27. The largest absolute Gasteiger partial charge is 0.381 e. The van der Waals surface area contributed by atoms with Crippen LogP contribution in [0, 0.1) is 31.1 Å². The molecular weight excluding hydrogens is 476 g/mol. The smallest absolute Gasteiger partial charge is 0.255 e. The van der Waals surface area contributed by atoms with Crippen LogP contribution in [0.5, 0.6) is 0 Å². The molecule has 2 aliphatic rings.